The van der Waals surface area contributed by atoms with E-state index in [4.69, 9.17) is 4.74 Å². The van der Waals surface area contributed by atoms with Crippen molar-refractivity contribution in [2.75, 3.05) is 18.2 Å². The topological polar surface area (TPSA) is 81.2 Å². The van der Waals surface area contributed by atoms with Crippen LogP contribution in [0.3, 0.4) is 0 Å². The number of carbonyl (C=O) groups excluding carboxylic acids is 2. The van der Waals surface area contributed by atoms with Crippen molar-refractivity contribution in [1.29, 1.82) is 0 Å². The highest BCUT2D eigenvalue weighted by Gasteiger charge is 2.16. The van der Waals surface area contributed by atoms with Gasteiger partial charge in [-0.15, -0.1) is 0 Å². The molecule has 0 fully saturated rings. The number of nitrogens with zero attached hydrogens (tertiary/aromatic N) is 2. The van der Waals surface area contributed by atoms with E-state index in [2.05, 4.69) is 15.3 Å². The van der Waals surface area contributed by atoms with Crippen molar-refractivity contribution in [1.82, 2.24) is 9.97 Å². The van der Waals surface area contributed by atoms with E-state index in [0.29, 0.717) is 22.2 Å². The van der Waals surface area contributed by atoms with Crippen molar-refractivity contribution in [3.05, 3.63) is 41.6 Å². The summed E-state index contributed by atoms with van der Waals surface area (Å²) in [7, 11) is 0. The molecule has 1 aromatic heterocycles. The zero-order valence-corrected chi connectivity index (χ0v) is 13.9. The molecule has 1 heterocycles. The summed E-state index contributed by atoms with van der Waals surface area (Å²) in [5.74, 6) is -0.114. The van der Waals surface area contributed by atoms with Crippen LogP contribution < -0.4 is 5.32 Å². The Morgan fingerprint density at radius 1 is 1.26 bits per heavy atom. The molecule has 0 atom stereocenters. The van der Waals surface area contributed by atoms with E-state index >= 15 is 0 Å². The predicted octanol–water partition coefficient (Wildman–Crippen LogP) is 3.32. The summed E-state index contributed by atoms with van der Waals surface area (Å²) in [6.45, 7) is 3.52. The molecular weight excluding hydrogens is 314 g/mol. The highest BCUT2D eigenvalue weighted by atomic mass is 32.2. The van der Waals surface area contributed by atoms with Gasteiger partial charge in [0.25, 0.3) is 0 Å². The number of anilines is 2. The lowest BCUT2D eigenvalue weighted by atomic mass is 10.1. The lowest BCUT2D eigenvalue weighted by molar-refractivity contribution is 0.0526. The molecule has 23 heavy (non-hydrogen) atoms. The second-order valence-electron chi connectivity index (χ2n) is 4.60. The molecule has 0 aliphatic rings. The molecule has 2 rings (SSSR count). The fourth-order valence-electron chi connectivity index (χ4n) is 1.84. The molecule has 6 nitrogen and oxygen atoms in total. The summed E-state index contributed by atoms with van der Waals surface area (Å²) in [4.78, 5) is 31.7. The number of aromatic nitrogens is 2. The van der Waals surface area contributed by atoms with Gasteiger partial charge in [0.2, 0.25) is 0 Å². The van der Waals surface area contributed by atoms with Crippen molar-refractivity contribution in [2.45, 2.75) is 19.0 Å². The smallest absolute Gasteiger partial charge is 0.343 e. The number of Topliss-reactive ketones (excluding diaryl/α,β-unsaturated/α-hetero) is 1. The number of nitrogens with one attached hydrogen (secondary N) is 1. The van der Waals surface area contributed by atoms with Gasteiger partial charge >= 0.3 is 5.97 Å². The molecule has 120 valence electrons. The van der Waals surface area contributed by atoms with Gasteiger partial charge in [-0.1, -0.05) is 11.8 Å². The third-order valence-corrected chi connectivity index (χ3v) is 3.56. The number of carbonyl (C=O) groups is 2. The summed E-state index contributed by atoms with van der Waals surface area (Å²) in [5.41, 5.74) is 1.60. The summed E-state index contributed by atoms with van der Waals surface area (Å²) >= 11 is 1.37. The summed E-state index contributed by atoms with van der Waals surface area (Å²) in [6.07, 6.45) is 3.30. The molecule has 0 spiro atoms. The zero-order valence-electron chi connectivity index (χ0n) is 13.1. The number of ketones is 1. The molecule has 0 aliphatic heterocycles. The normalized spacial score (nSPS) is 10.2. The van der Waals surface area contributed by atoms with Crippen LogP contribution in [-0.4, -0.2) is 34.6 Å². The molecule has 0 unspecified atom stereocenters. The second kappa shape index (κ2) is 7.73. The Hall–Kier alpha value is -2.41. The van der Waals surface area contributed by atoms with Crippen molar-refractivity contribution in [3.63, 3.8) is 0 Å². The first kappa shape index (κ1) is 17.0. The molecular formula is C16H17N3O3S. The number of hydrogen-bond acceptors (Lipinski definition) is 7. The summed E-state index contributed by atoms with van der Waals surface area (Å²) in [5, 5.41) is 3.62. The molecule has 1 N–H and O–H groups in total. The molecule has 0 bridgehead atoms. The van der Waals surface area contributed by atoms with E-state index in [-0.39, 0.29) is 18.0 Å². The van der Waals surface area contributed by atoms with Gasteiger partial charge in [-0.05, 0) is 44.4 Å². The van der Waals surface area contributed by atoms with E-state index in [1.165, 1.54) is 24.9 Å². The molecule has 0 aliphatic carbocycles. The van der Waals surface area contributed by atoms with Crippen LogP contribution in [-0.2, 0) is 4.74 Å². The van der Waals surface area contributed by atoms with E-state index < -0.39 is 5.97 Å². The van der Waals surface area contributed by atoms with Crippen molar-refractivity contribution >= 4 is 35.0 Å². The van der Waals surface area contributed by atoms with E-state index in [9.17, 15) is 9.59 Å². The lowest BCUT2D eigenvalue weighted by Crippen LogP contribution is -2.10. The quantitative estimate of drug-likeness (QED) is 0.376. The van der Waals surface area contributed by atoms with Gasteiger partial charge in [0.15, 0.2) is 10.9 Å². The van der Waals surface area contributed by atoms with Crippen molar-refractivity contribution in [3.8, 4) is 0 Å². The lowest BCUT2D eigenvalue weighted by Gasteiger charge is -2.11. The van der Waals surface area contributed by atoms with Crippen LogP contribution in [0.25, 0.3) is 0 Å². The predicted molar refractivity (Wildman–Crippen MR) is 89.5 cm³/mol. The number of ether oxygens (including phenoxy) is 1. The molecule has 2 aromatic rings. The van der Waals surface area contributed by atoms with Crippen LogP contribution in [0.2, 0.25) is 0 Å². The molecule has 0 radical (unpaired) electrons. The van der Waals surface area contributed by atoms with Gasteiger partial charge in [0.1, 0.15) is 11.4 Å². The molecule has 0 amide bonds. The van der Waals surface area contributed by atoms with Crippen LogP contribution >= 0.6 is 11.8 Å². The maximum atomic E-state index is 12.0. The van der Waals surface area contributed by atoms with Crippen LogP contribution in [0.5, 0.6) is 0 Å². The van der Waals surface area contributed by atoms with Gasteiger partial charge in [0.05, 0.1) is 6.61 Å². The number of benzene rings is 1. The molecule has 1 aromatic carbocycles. The average molecular weight is 331 g/mol. The first-order valence-corrected chi connectivity index (χ1v) is 8.23. The van der Waals surface area contributed by atoms with Crippen LogP contribution in [0.1, 0.15) is 34.6 Å². The first-order valence-electron chi connectivity index (χ1n) is 7.01. The fraction of sp³-hybridized carbons (Fsp3) is 0.250. The minimum Gasteiger partial charge on any atom is -0.462 e. The zero-order chi connectivity index (χ0) is 16.8. The Morgan fingerprint density at radius 2 is 1.96 bits per heavy atom. The number of rotatable bonds is 6. The van der Waals surface area contributed by atoms with E-state index in [1.54, 1.807) is 31.2 Å². The van der Waals surface area contributed by atoms with Gasteiger partial charge < -0.3 is 10.1 Å². The van der Waals surface area contributed by atoms with Crippen molar-refractivity contribution < 1.29 is 14.3 Å². The monoisotopic (exact) mass is 331 g/mol. The minimum atomic E-state index is -0.483. The van der Waals surface area contributed by atoms with Gasteiger partial charge in [-0.2, -0.15) is 0 Å². The van der Waals surface area contributed by atoms with Crippen LogP contribution in [0.15, 0.2) is 35.6 Å². The van der Waals surface area contributed by atoms with Gasteiger partial charge in [-0.25, -0.2) is 14.8 Å². The Morgan fingerprint density at radius 3 is 2.52 bits per heavy atom. The third kappa shape index (κ3) is 4.29. The van der Waals surface area contributed by atoms with E-state index in [1.807, 2.05) is 6.26 Å². The number of esters is 1. The minimum absolute atomic E-state index is 0.00420. The van der Waals surface area contributed by atoms with Gasteiger partial charge in [0, 0.05) is 17.4 Å². The largest absolute Gasteiger partial charge is 0.462 e. The number of thioether (sulfide) groups is 1. The van der Waals surface area contributed by atoms with Crippen LogP contribution in [0, 0.1) is 0 Å². The maximum absolute atomic E-state index is 12.0. The van der Waals surface area contributed by atoms with E-state index in [0.717, 1.165) is 0 Å². The molecule has 0 saturated heterocycles. The maximum Gasteiger partial charge on any atom is 0.343 e. The molecule has 7 heteroatoms. The van der Waals surface area contributed by atoms with Crippen molar-refractivity contribution in [2.24, 2.45) is 0 Å². The standard InChI is InChI=1S/C16H17N3O3S/c1-4-22-15(21)13-9-17-16(23-3)19-14(13)18-12-7-5-11(6-8-12)10(2)20/h5-9H,4H2,1-3H3,(H,17,18,19). The SMILES string of the molecule is CCOC(=O)c1cnc(SC)nc1Nc1ccc(C(C)=O)cc1. The Balaban J connectivity index is 2.32. The summed E-state index contributed by atoms with van der Waals surface area (Å²) < 4.78 is 5.02. The Bertz CT molecular complexity index is 717. The summed E-state index contributed by atoms with van der Waals surface area (Å²) in [6, 6.07) is 6.94. The Kier molecular flexibility index (Phi) is 5.70. The third-order valence-electron chi connectivity index (χ3n) is 3.00. The average Bonchev–Trinajstić information content (AvgIpc) is 2.55. The van der Waals surface area contributed by atoms with Crippen LogP contribution in [0.4, 0.5) is 11.5 Å². The van der Waals surface area contributed by atoms with Gasteiger partial charge in [-0.3, -0.25) is 4.79 Å². The number of hydrogen-bond donors (Lipinski definition) is 1. The second-order valence-corrected chi connectivity index (χ2v) is 5.37. The molecule has 0 saturated carbocycles. The fourth-order valence-corrected chi connectivity index (χ4v) is 2.18. The highest BCUT2D eigenvalue weighted by molar-refractivity contribution is 7.98. The first-order chi connectivity index (χ1) is 11.0. The Labute approximate surface area is 138 Å². The highest BCUT2D eigenvalue weighted by Crippen LogP contribution is 2.22.